The Labute approximate surface area is 92.4 Å². The van der Waals surface area contributed by atoms with Crippen LogP contribution in [0.1, 0.15) is 39.0 Å². The molecule has 4 heteroatoms. The lowest BCUT2D eigenvalue weighted by Gasteiger charge is -2.05. The summed E-state index contributed by atoms with van der Waals surface area (Å²) in [5, 5.41) is 14.5. The number of aliphatic hydroxyl groups excluding tert-OH is 1. The van der Waals surface area contributed by atoms with Crippen molar-refractivity contribution in [2.24, 2.45) is 0 Å². The molecule has 4 nitrogen and oxygen atoms in total. The van der Waals surface area contributed by atoms with Gasteiger partial charge in [-0.2, -0.15) is 0 Å². The third-order valence-corrected chi connectivity index (χ3v) is 2.15. The quantitative estimate of drug-likeness (QED) is 0.470. The van der Waals surface area contributed by atoms with Gasteiger partial charge in [-0.05, 0) is 32.2 Å². The standard InChI is InChI=1S/C11H24N2O2/c1-2-3-8-13-11(15)10-12-7-5-4-6-9-14/h12,14H,2-10H2,1H3,(H,13,15). The average molecular weight is 216 g/mol. The van der Waals surface area contributed by atoms with Gasteiger partial charge in [-0.15, -0.1) is 0 Å². The van der Waals surface area contributed by atoms with Crippen molar-refractivity contribution < 1.29 is 9.90 Å². The first-order chi connectivity index (χ1) is 7.31. The van der Waals surface area contributed by atoms with Gasteiger partial charge in [-0.25, -0.2) is 0 Å². The first kappa shape index (κ1) is 14.4. The van der Waals surface area contributed by atoms with E-state index in [-0.39, 0.29) is 12.5 Å². The van der Waals surface area contributed by atoms with Gasteiger partial charge in [0.2, 0.25) is 5.91 Å². The first-order valence-corrected chi connectivity index (χ1v) is 5.89. The largest absolute Gasteiger partial charge is 0.396 e. The zero-order valence-electron chi connectivity index (χ0n) is 9.72. The third-order valence-electron chi connectivity index (χ3n) is 2.15. The zero-order chi connectivity index (χ0) is 11.4. The van der Waals surface area contributed by atoms with Gasteiger partial charge in [-0.1, -0.05) is 13.3 Å². The molecule has 0 bridgehead atoms. The van der Waals surface area contributed by atoms with Crippen molar-refractivity contribution in [3.63, 3.8) is 0 Å². The smallest absolute Gasteiger partial charge is 0.233 e. The summed E-state index contributed by atoms with van der Waals surface area (Å²) >= 11 is 0. The lowest BCUT2D eigenvalue weighted by Crippen LogP contribution is -2.34. The molecule has 0 spiro atoms. The highest BCUT2D eigenvalue weighted by molar-refractivity contribution is 5.77. The molecule has 0 saturated heterocycles. The fourth-order valence-corrected chi connectivity index (χ4v) is 1.21. The van der Waals surface area contributed by atoms with Crippen LogP contribution in [0.3, 0.4) is 0 Å². The molecule has 0 aromatic heterocycles. The van der Waals surface area contributed by atoms with Crippen LogP contribution in [0.5, 0.6) is 0 Å². The molecular formula is C11H24N2O2. The van der Waals surface area contributed by atoms with Crippen LogP contribution in [0.15, 0.2) is 0 Å². The third kappa shape index (κ3) is 11.3. The van der Waals surface area contributed by atoms with Crippen molar-refractivity contribution >= 4 is 5.91 Å². The minimum absolute atomic E-state index is 0.0746. The fraction of sp³-hybridized carbons (Fsp3) is 0.909. The van der Waals surface area contributed by atoms with Crippen LogP contribution >= 0.6 is 0 Å². The molecule has 0 atom stereocenters. The monoisotopic (exact) mass is 216 g/mol. The SMILES string of the molecule is CCCCNC(=O)CNCCCCCO. The van der Waals surface area contributed by atoms with Crippen LogP contribution < -0.4 is 10.6 Å². The van der Waals surface area contributed by atoms with E-state index in [1.165, 1.54) is 0 Å². The Bertz CT molecular complexity index is 152. The molecule has 3 N–H and O–H groups in total. The van der Waals surface area contributed by atoms with Crippen LogP contribution in [0.25, 0.3) is 0 Å². The second kappa shape index (κ2) is 11.5. The van der Waals surface area contributed by atoms with Crippen LogP contribution in [0.2, 0.25) is 0 Å². The Balaban J connectivity index is 3.10. The summed E-state index contributed by atoms with van der Waals surface area (Å²) in [5.74, 6) is 0.0746. The Hall–Kier alpha value is -0.610. The molecule has 0 unspecified atom stereocenters. The highest BCUT2D eigenvalue weighted by atomic mass is 16.2. The van der Waals surface area contributed by atoms with Crippen molar-refractivity contribution in [1.82, 2.24) is 10.6 Å². The van der Waals surface area contributed by atoms with E-state index in [2.05, 4.69) is 17.6 Å². The van der Waals surface area contributed by atoms with Gasteiger partial charge in [0.05, 0.1) is 6.54 Å². The number of amides is 1. The molecule has 90 valence electrons. The summed E-state index contributed by atoms with van der Waals surface area (Å²) in [4.78, 5) is 11.2. The van der Waals surface area contributed by atoms with Gasteiger partial charge in [0.25, 0.3) is 0 Å². The molecule has 1 amide bonds. The summed E-state index contributed by atoms with van der Waals surface area (Å²) in [5.41, 5.74) is 0. The molecule has 0 aliphatic carbocycles. The lowest BCUT2D eigenvalue weighted by molar-refractivity contribution is -0.120. The van der Waals surface area contributed by atoms with Gasteiger partial charge in [-0.3, -0.25) is 4.79 Å². The lowest BCUT2D eigenvalue weighted by atomic mass is 10.2. The predicted molar refractivity (Wildman–Crippen MR) is 61.7 cm³/mol. The Morgan fingerprint density at radius 3 is 2.60 bits per heavy atom. The topological polar surface area (TPSA) is 61.4 Å². The molecule has 0 radical (unpaired) electrons. The normalized spacial score (nSPS) is 10.3. The van der Waals surface area contributed by atoms with E-state index in [0.29, 0.717) is 6.54 Å². The number of carbonyl (C=O) groups excluding carboxylic acids is 1. The first-order valence-electron chi connectivity index (χ1n) is 5.89. The summed E-state index contributed by atoms with van der Waals surface area (Å²) in [7, 11) is 0. The number of unbranched alkanes of at least 4 members (excludes halogenated alkanes) is 3. The van der Waals surface area contributed by atoms with Crippen LogP contribution in [0, 0.1) is 0 Å². The number of hydrogen-bond acceptors (Lipinski definition) is 3. The molecule has 0 aliphatic rings. The second-order valence-electron chi connectivity index (χ2n) is 3.66. The van der Waals surface area contributed by atoms with Gasteiger partial charge >= 0.3 is 0 Å². The van der Waals surface area contributed by atoms with Crippen LogP contribution in [0.4, 0.5) is 0 Å². The fourth-order valence-electron chi connectivity index (χ4n) is 1.21. The van der Waals surface area contributed by atoms with E-state index < -0.39 is 0 Å². The van der Waals surface area contributed by atoms with Gasteiger partial charge in [0.1, 0.15) is 0 Å². The Morgan fingerprint density at radius 2 is 1.93 bits per heavy atom. The number of nitrogens with one attached hydrogen (secondary N) is 2. The summed E-state index contributed by atoms with van der Waals surface area (Å²) in [6.45, 7) is 4.40. The molecule has 0 rings (SSSR count). The minimum Gasteiger partial charge on any atom is -0.396 e. The second-order valence-corrected chi connectivity index (χ2v) is 3.66. The molecule has 0 aliphatic heterocycles. The van der Waals surface area contributed by atoms with Crippen molar-refractivity contribution in [3.05, 3.63) is 0 Å². The summed E-state index contributed by atoms with van der Waals surface area (Å²) in [6, 6.07) is 0. The molecule has 0 fully saturated rings. The van der Waals surface area contributed by atoms with E-state index in [1.54, 1.807) is 0 Å². The summed E-state index contributed by atoms with van der Waals surface area (Å²) < 4.78 is 0. The van der Waals surface area contributed by atoms with E-state index in [0.717, 1.165) is 45.2 Å². The maximum atomic E-state index is 11.2. The van der Waals surface area contributed by atoms with Gasteiger partial charge < -0.3 is 15.7 Å². The number of aliphatic hydroxyl groups is 1. The van der Waals surface area contributed by atoms with Crippen molar-refractivity contribution in [2.45, 2.75) is 39.0 Å². The minimum atomic E-state index is 0.0746. The molecular weight excluding hydrogens is 192 g/mol. The van der Waals surface area contributed by atoms with Crippen molar-refractivity contribution in [2.75, 3.05) is 26.2 Å². The van der Waals surface area contributed by atoms with Crippen LogP contribution in [-0.4, -0.2) is 37.3 Å². The maximum absolute atomic E-state index is 11.2. The molecule has 0 saturated carbocycles. The maximum Gasteiger partial charge on any atom is 0.233 e. The number of carbonyl (C=O) groups is 1. The summed E-state index contributed by atoms with van der Waals surface area (Å²) in [6.07, 6.45) is 5.03. The predicted octanol–water partition coefficient (Wildman–Crippen LogP) is 0.655. The molecule has 0 aromatic rings. The van der Waals surface area contributed by atoms with Gasteiger partial charge in [0.15, 0.2) is 0 Å². The van der Waals surface area contributed by atoms with Crippen LogP contribution in [-0.2, 0) is 4.79 Å². The van der Waals surface area contributed by atoms with E-state index >= 15 is 0 Å². The highest BCUT2D eigenvalue weighted by Gasteiger charge is 1.98. The van der Waals surface area contributed by atoms with Crippen molar-refractivity contribution in [1.29, 1.82) is 0 Å². The van der Waals surface area contributed by atoms with Crippen molar-refractivity contribution in [3.8, 4) is 0 Å². The Kier molecular flexibility index (Phi) is 11.0. The van der Waals surface area contributed by atoms with E-state index in [9.17, 15) is 4.79 Å². The molecule has 0 aromatic carbocycles. The number of hydrogen-bond donors (Lipinski definition) is 3. The van der Waals surface area contributed by atoms with E-state index in [1.807, 2.05) is 0 Å². The molecule has 0 heterocycles. The highest BCUT2D eigenvalue weighted by Crippen LogP contribution is 1.91. The number of rotatable bonds is 10. The molecule has 15 heavy (non-hydrogen) atoms. The average Bonchev–Trinajstić information content (AvgIpc) is 2.23. The zero-order valence-corrected chi connectivity index (χ0v) is 9.72. The Morgan fingerprint density at radius 1 is 1.13 bits per heavy atom. The van der Waals surface area contributed by atoms with Gasteiger partial charge in [0, 0.05) is 13.2 Å². The van der Waals surface area contributed by atoms with E-state index in [4.69, 9.17) is 5.11 Å².